The Morgan fingerprint density at radius 1 is 1.31 bits per heavy atom. The van der Waals surface area contributed by atoms with E-state index in [2.05, 4.69) is 28.8 Å². The van der Waals surface area contributed by atoms with Crippen LogP contribution in [0.5, 0.6) is 0 Å². The van der Waals surface area contributed by atoms with E-state index in [1.165, 1.54) is 0 Å². The van der Waals surface area contributed by atoms with Crippen molar-refractivity contribution < 1.29 is 0 Å². The molecule has 0 bridgehead atoms. The average Bonchev–Trinajstić information content (AvgIpc) is 2.31. The van der Waals surface area contributed by atoms with Gasteiger partial charge in [0.15, 0.2) is 0 Å². The van der Waals surface area contributed by atoms with E-state index in [4.69, 9.17) is 0 Å². The van der Waals surface area contributed by atoms with Crippen molar-refractivity contribution in [2.45, 2.75) is 0 Å². The lowest BCUT2D eigenvalue weighted by Crippen LogP contribution is -2.13. The maximum absolute atomic E-state index is 3.99. The minimum absolute atomic E-state index is 0.813. The van der Waals surface area contributed by atoms with E-state index in [9.17, 15) is 0 Å². The van der Waals surface area contributed by atoms with Gasteiger partial charge in [0.1, 0.15) is 0 Å². The van der Waals surface area contributed by atoms with E-state index < -0.39 is 0 Å². The lowest BCUT2D eigenvalue weighted by Gasteiger charge is -2.17. The molecular weight excluding hydrogens is 198 g/mol. The predicted molar refractivity (Wildman–Crippen MR) is 66.5 cm³/mol. The van der Waals surface area contributed by atoms with Gasteiger partial charge in [-0.1, -0.05) is 13.2 Å². The normalized spacial score (nSPS) is 14.0. The number of hydrogen-bond acceptors (Lipinski definition) is 3. The second kappa shape index (κ2) is 4.49. The molecule has 0 saturated heterocycles. The van der Waals surface area contributed by atoms with Crippen molar-refractivity contribution in [3.8, 4) is 0 Å². The van der Waals surface area contributed by atoms with Gasteiger partial charge in [0.25, 0.3) is 0 Å². The number of pyridine rings is 1. The highest BCUT2D eigenvalue weighted by atomic mass is 14.9. The first-order chi connectivity index (χ1) is 7.77. The number of nitrogens with zero attached hydrogens (tertiary/aromatic N) is 1. The van der Waals surface area contributed by atoms with Crippen LogP contribution in [0, 0.1) is 0 Å². The van der Waals surface area contributed by atoms with Gasteiger partial charge in [0.05, 0.1) is 0 Å². The average molecular weight is 211 g/mol. The summed E-state index contributed by atoms with van der Waals surface area (Å²) in [6.45, 7) is 7.90. The van der Waals surface area contributed by atoms with Crippen LogP contribution in [-0.4, -0.2) is 4.98 Å². The summed E-state index contributed by atoms with van der Waals surface area (Å²) < 4.78 is 0. The lowest BCUT2D eigenvalue weighted by molar-refractivity contribution is 1.06. The van der Waals surface area contributed by atoms with Crippen LogP contribution < -0.4 is 10.6 Å². The SMILES string of the molecule is C=C1NC=CC=C1C(=C)Nc1ccncc1. The number of aromatic nitrogens is 1. The Morgan fingerprint density at radius 3 is 2.75 bits per heavy atom. The zero-order valence-corrected chi connectivity index (χ0v) is 8.90. The number of hydrogen-bond donors (Lipinski definition) is 2. The maximum Gasteiger partial charge on any atom is 0.0415 e. The smallest absolute Gasteiger partial charge is 0.0415 e. The van der Waals surface area contributed by atoms with E-state index in [-0.39, 0.29) is 0 Å². The summed E-state index contributed by atoms with van der Waals surface area (Å²) in [4.78, 5) is 3.95. The Morgan fingerprint density at radius 2 is 2.06 bits per heavy atom. The van der Waals surface area contributed by atoms with Crippen LogP contribution in [0.3, 0.4) is 0 Å². The molecule has 0 saturated carbocycles. The molecule has 3 heteroatoms. The van der Waals surface area contributed by atoms with Gasteiger partial charge in [0.2, 0.25) is 0 Å². The van der Waals surface area contributed by atoms with Crippen LogP contribution in [0.25, 0.3) is 0 Å². The molecule has 0 unspecified atom stereocenters. The first-order valence-electron chi connectivity index (χ1n) is 4.96. The molecule has 16 heavy (non-hydrogen) atoms. The van der Waals surface area contributed by atoms with Gasteiger partial charge in [0, 0.05) is 41.2 Å². The molecule has 0 fully saturated rings. The molecule has 2 heterocycles. The van der Waals surface area contributed by atoms with Crippen molar-refractivity contribution in [2.24, 2.45) is 0 Å². The second-order valence-electron chi connectivity index (χ2n) is 3.40. The molecule has 0 aliphatic carbocycles. The minimum atomic E-state index is 0.813. The molecule has 3 nitrogen and oxygen atoms in total. The summed E-state index contributed by atoms with van der Waals surface area (Å²) in [6, 6.07) is 3.78. The molecule has 80 valence electrons. The molecule has 0 spiro atoms. The van der Waals surface area contributed by atoms with Gasteiger partial charge < -0.3 is 10.6 Å². The number of dihydropyridines is 1. The number of nitrogens with one attached hydrogen (secondary N) is 2. The highest BCUT2D eigenvalue weighted by Crippen LogP contribution is 2.19. The third kappa shape index (κ3) is 2.20. The molecule has 1 aromatic rings. The minimum Gasteiger partial charge on any atom is -0.362 e. The van der Waals surface area contributed by atoms with E-state index >= 15 is 0 Å². The molecule has 1 aliphatic heterocycles. The molecule has 1 aromatic heterocycles. The molecule has 2 rings (SSSR count). The first kappa shape index (κ1) is 10.2. The van der Waals surface area contributed by atoms with Crippen molar-refractivity contribution in [2.75, 3.05) is 5.32 Å². The zero-order chi connectivity index (χ0) is 11.4. The van der Waals surface area contributed by atoms with Crippen LogP contribution in [0.15, 0.2) is 73.0 Å². The van der Waals surface area contributed by atoms with Crippen LogP contribution >= 0.6 is 0 Å². The lowest BCUT2D eigenvalue weighted by atomic mass is 10.1. The Kier molecular flexibility index (Phi) is 2.87. The maximum atomic E-state index is 3.99. The molecule has 0 amide bonds. The van der Waals surface area contributed by atoms with Crippen LogP contribution in [0.4, 0.5) is 5.69 Å². The Bertz CT molecular complexity index is 469. The Balaban J connectivity index is 2.12. The molecule has 0 radical (unpaired) electrons. The van der Waals surface area contributed by atoms with E-state index in [0.717, 1.165) is 22.7 Å². The van der Waals surface area contributed by atoms with Crippen LogP contribution in [0.1, 0.15) is 0 Å². The standard InChI is InChI=1S/C13H13N3/c1-10-13(4-3-7-15-10)11(2)16-12-5-8-14-9-6-12/h3-9,15H,1-2H2,(H,14,16). The number of allylic oxidation sites excluding steroid dienone is 2. The van der Waals surface area contributed by atoms with Crippen molar-refractivity contribution in [3.05, 3.63) is 73.0 Å². The monoisotopic (exact) mass is 211 g/mol. The summed E-state index contributed by atoms with van der Waals surface area (Å²) in [5, 5.41) is 6.25. The van der Waals surface area contributed by atoms with Crippen molar-refractivity contribution in [1.29, 1.82) is 0 Å². The van der Waals surface area contributed by atoms with E-state index in [1.54, 1.807) is 12.4 Å². The fraction of sp³-hybridized carbons (Fsp3) is 0. The molecule has 2 N–H and O–H groups in total. The quantitative estimate of drug-likeness (QED) is 0.806. The van der Waals surface area contributed by atoms with Gasteiger partial charge in [-0.15, -0.1) is 0 Å². The highest BCUT2D eigenvalue weighted by molar-refractivity contribution is 5.57. The van der Waals surface area contributed by atoms with Crippen molar-refractivity contribution in [3.63, 3.8) is 0 Å². The summed E-state index contributed by atoms with van der Waals surface area (Å²) in [6.07, 6.45) is 9.19. The summed E-state index contributed by atoms with van der Waals surface area (Å²) in [7, 11) is 0. The highest BCUT2D eigenvalue weighted by Gasteiger charge is 2.07. The van der Waals surface area contributed by atoms with Gasteiger partial charge in [-0.2, -0.15) is 0 Å². The number of anilines is 1. The van der Waals surface area contributed by atoms with E-state index in [1.807, 2.05) is 30.5 Å². The third-order valence-corrected chi connectivity index (χ3v) is 2.24. The van der Waals surface area contributed by atoms with Crippen molar-refractivity contribution >= 4 is 5.69 Å². The third-order valence-electron chi connectivity index (χ3n) is 2.24. The fourth-order valence-corrected chi connectivity index (χ4v) is 1.43. The molecular formula is C13H13N3. The van der Waals surface area contributed by atoms with Crippen LogP contribution in [0.2, 0.25) is 0 Å². The summed E-state index contributed by atoms with van der Waals surface area (Å²) in [5.41, 5.74) is 3.59. The summed E-state index contributed by atoms with van der Waals surface area (Å²) >= 11 is 0. The van der Waals surface area contributed by atoms with Gasteiger partial charge in [-0.25, -0.2) is 0 Å². The largest absolute Gasteiger partial charge is 0.362 e. The molecule has 0 aromatic carbocycles. The predicted octanol–water partition coefficient (Wildman–Crippen LogP) is 2.56. The molecule has 0 atom stereocenters. The fourth-order valence-electron chi connectivity index (χ4n) is 1.43. The van der Waals surface area contributed by atoms with Crippen LogP contribution in [-0.2, 0) is 0 Å². The van der Waals surface area contributed by atoms with Crippen molar-refractivity contribution in [1.82, 2.24) is 10.3 Å². The van der Waals surface area contributed by atoms with Gasteiger partial charge >= 0.3 is 0 Å². The first-order valence-corrected chi connectivity index (χ1v) is 4.96. The summed E-state index contributed by atoms with van der Waals surface area (Å²) in [5.74, 6) is 0. The van der Waals surface area contributed by atoms with Gasteiger partial charge in [-0.3, -0.25) is 4.98 Å². The topological polar surface area (TPSA) is 37.0 Å². The Labute approximate surface area is 94.9 Å². The molecule has 1 aliphatic rings. The van der Waals surface area contributed by atoms with Gasteiger partial charge in [-0.05, 0) is 24.3 Å². The second-order valence-corrected chi connectivity index (χ2v) is 3.40. The zero-order valence-electron chi connectivity index (χ0n) is 8.90. The Hall–Kier alpha value is -2.29. The van der Waals surface area contributed by atoms with E-state index in [0.29, 0.717) is 0 Å². The number of rotatable bonds is 3.